The second kappa shape index (κ2) is 4.87. The first kappa shape index (κ1) is 10.1. The fourth-order valence-electron chi connectivity index (χ4n) is 1.96. The van der Waals surface area contributed by atoms with Crippen LogP contribution in [0.5, 0.6) is 0 Å². The Morgan fingerprint density at radius 3 is 2.80 bits per heavy atom. The lowest BCUT2D eigenvalue weighted by molar-refractivity contribution is -0.120. The first-order chi connectivity index (χ1) is 7.36. The van der Waals surface area contributed by atoms with Gasteiger partial charge >= 0.3 is 0 Å². The zero-order chi connectivity index (χ0) is 10.5. The van der Waals surface area contributed by atoms with E-state index in [2.05, 4.69) is 15.3 Å². The zero-order valence-electron chi connectivity index (χ0n) is 8.65. The lowest BCUT2D eigenvalue weighted by atomic mass is 9.89. The molecule has 1 N–H and O–H groups in total. The van der Waals surface area contributed by atoms with Gasteiger partial charge in [-0.15, -0.1) is 0 Å². The minimum Gasteiger partial charge on any atom is -0.310 e. The highest BCUT2D eigenvalue weighted by Crippen LogP contribution is 2.24. The predicted molar refractivity (Wildman–Crippen MR) is 57.2 cm³/mol. The summed E-state index contributed by atoms with van der Waals surface area (Å²) in [5, 5.41) is 2.82. The van der Waals surface area contributed by atoms with Crippen molar-refractivity contribution in [2.24, 2.45) is 5.92 Å². The number of rotatable bonds is 2. The van der Waals surface area contributed by atoms with E-state index in [9.17, 15) is 4.79 Å². The summed E-state index contributed by atoms with van der Waals surface area (Å²) in [6, 6.07) is 1.71. The van der Waals surface area contributed by atoms with Gasteiger partial charge in [0.05, 0.1) is 0 Å². The van der Waals surface area contributed by atoms with Crippen LogP contribution in [0.1, 0.15) is 32.1 Å². The summed E-state index contributed by atoms with van der Waals surface area (Å²) in [5.74, 6) is 0.877. The van der Waals surface area contributed by atoms with Gasteiger partial charge in [0.1, 0.15) is 12.1 Å². The molecule has 0 bridgehead atoms. The summed E-state index contributed by atoms with van der Waals surface area (Å²) < 4.78 is 0. The number of carbonyl (C=O) groups excluding carboxylic acids is 1. The van der Waals surface area contributed by atoms with Gasteiger partial charge in [-0.1, -0.05) is 19.3 Å². The number of hydrogen-bond donors (Lipinski definition) is 1. The molecule has 1 aromatic rings. The maximum Gasteiger partial charge on any atom is 0.228 e. The average Bonchev–Trinajstić information content (AvgIpc) is 2.31. The number of nitrogens with one attached hydrogen (secondary N) is 1. The number of amides is 1. The van der Waals surface area contributed by atoms with E-state index < -0.39 is 0 Å². The maximum atomic E-state index is 11.8. The number of nitrogens with zero attached hydrogens (tertiary/aromatic N) is 2. The van der Waals surface area contributed by atoms with Gasteiger partial charge in [-0.05, 0) is 18.9 Å². The van der Waals surface area contributed by atoms with Crippen LogP contribution in [-0.2, 0) is 4.79 Å². The van der Waals surface area contributed by atoms with Crippen LogP contribution in [0.25, 0.3) is 0 Å². The van der Waals surface area contributed by atoms with Crippen molar-refractivity contribution in [2.75, 3.05) is 5.32 Å². The third kappa shape index (κ3) is 2.75. The SMILES string of the molecule is O=C(Nc1ccncn1)C1CCCCC1. The largest absolute Gasteiger partial charge is 0.310 e. The molecule has 1 aliphatic carbocycles. The fourth-order valence-corrected chi connectivity index (χ4v) is 1.96. The van der Waals surface area contributed by atoms with E-state index >= 15 is 0 Å². The van der Waals surface area contributed by atoms with E-state index in [0.29, 0.717) is 5.82 Å². The average molecular weight is 205 g/mol. The molecule has 4 nitrogen and oxygen atoms in total. The monoisotopic (exact) mass is 205 g/mol. The summed E-state index contributed by atoms with van der Waals surface area (Å²) in [6.07, 6.45) is 8.69. The van der Waals surface area contributed by atoms with Crippen molar-refractivity contribution in [2.45, 2.75) is 32.1 Å². The summed E-state index contributed by atoms with van der Waals surface area (Å²) in [7, 11) is 0. The molecule has 0 spiro atoms. The van der Waals surface area contributed by atoms with E-state index in [0.717, 1.165) is 12.8 Å². The zero-order valence-corrected chi connectivity index (χ0v) is 8.65. The maximum absolute atomic E-state index is 11.8. The van der Waals surface area contributed by atoms with Crippen molar-refractivity contribution in [3.63, 3.8) is 0 Å². The molecule has 4 heteroatoms. The quantitative estimate of drug-likeness (QED) is 0.803. The molecule has 15 heavy (non-hydrogen) atoms. The van der Waals surface area contributed by atoms with E-state index in [4.69, 9.17) is 0 Å². The molecule has 1 heterocycles. The van der Waals surface area contributed by atoms with Crippen LogP contribution in [0.4, 0.5) is 5.82 Å². The molecule has 0 aliphatic heterocycles. The number of hydrogen-bond acceptors (Lipinski definition) is 3. The predicted octanol–water partition coefficient (Wildman–Crippen LogP) is 2.00. The summed E-state index contributed by atoms with van der Waals surface area (Å²) in [5.41, 5.74) is 0. The molecular formula is C11H15N3O. The minimum absolute atomic E-state index is 0.105. The third-order valence-electron chi connectivity index (χ3n) is 2.81. The van der Waals surface area contributed by atoms with Crippen molar-refractivity contribution in [3.8, 4) is 0 Å². The Kier molecular flexibility index (Phi) is 3.27. The van der Waals surface area contributed by atoms with Crippen LogP contribution in [-0.4, -0.2) is 15.9 Å². The van der Waals surface area contributed by atoms with Crippen molar-refractivity contribution in [3.05, 3.63) is 18.6 Å². The van der Waals surface area contributed by atoms with Gasteiger partial charge in [-0.3, -0.25) is 4.79 Å². The van der Waals surface area contributed by atoms with Gasteiger partial charge in [0.25, 0.3) is 0 Å². The first-order valence-electron chi connectivity index (χ1n) is 5.43. The van der Waals surface area contributed by atoms with Crippen LogP contribution >= 0.6 is 0 Å². The summed E-state index contributed by atoms with van der Waals surface area (Å²) in [4.78, 5) is 19.6. The van der Waals surface area contributed by atoms with E-state index in [1.54, 1.807) is 12.3 Å². The van der Waals surface area contributed by atoms with Crippen LogP contribution in [0.2, 0.25) is 0 Å². The Balaban J connectivity index is 1.91. The Hall–Kier alpha value is -1.45. The van der Waals surface area contributed by atoms with Gasteiger partial charge in [0.2, 0.25) is 5.91 Å². The van der Waals surface area contributed by atoms with E-state index in [-0.39, 0.29) is 11.8 Å². The normalized spacial score (nSPS) is 17.3. The van der Waals surface area contributed by atoms with Gasteiger partial charge in [0, 0.05) is 12.1 Å². The highest BCUT2D eigenvalue weighted by molar-refractivity contribution is 5.91. The second-order valence-electron chi connectivity index (χ2n) is 3.92. The van der Waals surface area contributed by atoms with Crippen molar-refractivity contribution >= 4 is 11.7 Å². The molecule has 1 saturated carbocycles. The van der Waals surface area contributed by atoms with Crippen LogP contribution in [0, 0.1) is 5.92 Å². The van der Waals surface area contributed by atoms with Gasteiger partial charge in [-0.2, -0.15) is 0 Å². The number of aromatic nitrogens is 2. The standard InChI is InChI=1S/C11H15N3O/c15-11(9-4-2-1-3-5-9)14-10-6-7-12-8-13-10/h6-9H,1-5H2,(H,12,13,14,15). The van der Waals surface area contributed by atoms with Crippen LogP contribution in [0.3, 0.4) is 0 Å². The molecule has 2 rings (SSSR count). The van der Waals surface area contributed by atoms with E-state index in [1.165, 1.54) is 25.6 Å². The third-order valence-corrected chi connectivity index (χ3v) is 2.81. The molecular weight excluding hydrogens is 190 g/mol. The molecule has 1 aliphatic rings. The highest BCUT2D eigenvalue weighted by atomic mass is 16.1. The molecule has 0 saturated heterocycles. The van der Waals surface area contributed by atoms with Crippen molar-refractivity contribution < 1.29 is 4.79 Å². The first-order valence-corrected chi connectivity index (χ1v) is 5.43. The van der Waals surface area contributed by atoms with E-state index in [1.807, 2.05) is 0 Å². The fraction of sp³-hybridized carbons (Fsp3) is 0.545. The Morgan fingerprint density at radius 1 is 1.33 bits per heavy atom. The second-order valence-corrected chi connectivity index (χ2v) is 3.92. The highest BCUT2D eigenvalue weighted by Gasteiger charge is 2.21. The molecule has 0 radical (unpaired) electrons. The molecule has 1 amide bonds. The lowest BCUT2D eigenvalue weighted by Crippen LogP contribution is -2.25. The van der Waals surface area contributed by atoms with Crippen molar-refractivity contribution in [1.82, 2.24) is 9.97 Å². The molecule has 0 atom stereocenters. The van der Waals surface area contributed by atoms with Gasteiger partial charge in [-0.25, -0.2) is 9.97 Å². The molecule has 1 aromatic heterocycles. The number of carbonyl (C=O) groups is 1. The Labute approximate surface area is 89.1 Å². The Morgan fingerprint density at radius 2 is 2.13 bits per heavy atom. The topological polar surface area (TPSA) is 54.9 Å². The van der Waals surface area contributed by atoms with Crippen LogP contribution in [0.15, 0.2) is 18.6 Å². The van der Waals surface area contributed by atoms with Gasteiger partial charge in [0.15, 0.2) is 0 Å². The number of anilines is 1. The van der Waals surface area contributed by atoms with Crippen molar-refractivity contribution in [1.29, 1.82) is 0 Å². The molecule has 80 valence electrons. The smallest absolute Gasteiger partial charge is 0.228 e. The van der Waals surface area contributed by atoms with Crippen LogP contribution < -0.4 is 5.32 Å². The van der Waals surface area contributed by atoms with Gasteiger partial charge < -0.3 is 5.32 Å². The molecule has 0 aromatic carbocycles. The minimum atomic E-state index is 0.105. The summed E-state index contributed by atoms with van der Waals surface area (Å²) >= 11 is 0. The summed E-state index contributed by atoms with van der Waals surface area (Å²) in [6.45, 7) is 0. The molecule has 1 fully saturated rings. The lowest BCUT2D eigenvalue weighted by Gasteiger charge is -2.20. The Bertz CT molecular complexity index is 320. The molecule has 0 unspecified atom stereocenters.